The van der Waals surface area contributed by atoms with Gasteiger partial charge in [-0.15, -0.1) is 0 Å². The highest BCUT2D eigenvalue weighted by atomic mass is 79.9. The molecule has 0 heterocycles. The molecular formula is C18H4Br10O2. The number of halogens is 10. The summed E-state index contributed by atoms with van der Waals surface area (Å²) in [6.45, 7) is 0. The first-order chi connectivity index (χ1) is 14.1. The average molecular weight is 1050 g/mol. The van der Waals surface area contributed by atoms with Crippen LogP contribution in [0.2, 0.25) is 0 Å². The van der Waals surface area contributed by atoms with E-state index >= 15 is 0 Å². The van der Waals surface area contributed by atoms with E-state index in [1.165, 1.54) is 0 Å². The quantitative estimate of drug-likeness (QED) is 0.192. The smallest absolute Gasteiger partial charge is 0.186 e. The lowest BCUT2D eigenvalue weighted by molar-refractivity contribution is 0.409. The Labute approximate surface area is 256 Å². The third kappa shape index (κ3) is 5.32. The van der Waals surface area contributed by atoms with Gasteiger partial charge in [-0.3, -0.25) is 0 Å². The fourth-order valence-corrected chi connectivity index (χ4v) is 7.93. The van der Waals surface area contributed by atoms with E-state index in [0.29, 0.717) is 31.9 Å². The minimum atomic E-state index is 0.468. The summed E-state index contributed by atoms with van der Waals surface area (Å²) in [6.07, 6.45) is 0. The third-order valence-electron chi connectivity index (χ3n) is 3.61. The van der Waals surface area contributed by atoms with Crippen LogP contribution in [0.4, 0.5) is 0 Å². The van der Waals surface area contributed by atoms with E-state index in [9.17, 15) is 0 Å². The maximum absolute atomic E-state index is 6.40. The molecule has 0 amide bonds. The van der Waals surface area contributed by atoms with Crippen molar-refractivity contribution in [3.63, 3.8) is 0 Å². The molecule has 2 nitrogen and oxygen atoms in total. The molecule has 0 saturated carbocycles. The minimum Gasteiger partial charge on any atom is -0.451 e. The van der Waals surface area contributed by atoms with Crippen LogP contribution in [0.5, 0.6) is 23.0 Å². The zero-order valence-corrected chi connectivity index (χ0v) is 29.8. The Morgan fingerprint density at radius 2 is 0.767 bits per heavy atom. The summed E-state index contributed by atoms with van der Waals surface area (Å²) in [4.78, 5) is 0. The first-order valence-electron chi connectivity index (χ1n) is 7.53. The van der Waals surface area contributed by atoms with Crippen LogP contribution in [-0.4, -0.2) is 0 Å². The molecule has 0 fully saturated rings. The van der Waals surface area contributed by atoms with Gasteiger partial charge in [0.05, 0.1) is 40.3 Å². The molecule has 0 unspecified atom stereocenters. The molecule has 0 atom stereocenters. The van der Waals surface area contributed by atoms with Gasteiger partial charge in [-0.05, 0) is 171 Å². The average Bonchev–Trinajstić information content (AvgIpc) is 2.73. The van der Waals surface area contributed by atoms with Gasteiger partial charge in [0, 0.05) is 4.47 Å². The summed E-state index contributed by atoms with van der Waals surface area (Å²) >= 11 is 35.8. The van der Waals surface area contributed by atoms with Crippen LogP contribution in [0.1, 0.15) is 0 Å². The number of hydrogen-bond donors (Lipinski definition) is 0. The van der Waals surface area contributed by atoms with Gasteiger partial charge in [-0.1, -0.05) is 12.1 Å². The van der Waals surface area contributed by atoms with E-state index in [1.54, 1.807) is 0 Å². The molecule has 0 saturated heterocycles. The van der Waals surface area contributed by atoms with Gasteiger partial charge in [0.25, 0.3) is 0 Å². The summed E-state index contributed by atoms with van der Waals surface area (Å²) < 4.78 is 20.3. The maximum atomic E-state index is 6.40. The number of rotatable bonds is 4. The first kappa shape index (κ1) is 26.7. The molecule has 12 heteroatoms. The molecule has 30 heavy (non-hydrogen) atoms. The van der Waals surface area contributed by atoms with Gasteiger partial charge in [0.1, 0.15) is 5.75 Å². The number of para-hydroxylation sites is 1. The Morgan fingerprint density at radius 3 is 1.23 bits per heavy atom. The predicted molar refractivity (Wildman–Crippen MR) is 156 cm³/mol. The van der Waals surface area contributed by atoms with Gasteiger partial charge in [-0.2, -0.15) is 0 Å². The van der Waals surface area contributed by atoms with Crippen molar-refractivity contribution in [2.45, 2.75) is 0 Å². The molecule has 0 aromatic heterocycles. The van der Waals surface area contributed by atoms with E-state index in [2.05, 4.69) is 159 Å². The molecular weight excluding hydrogens is 1050 g/mol. The molecule has 0 aliphatic carbocycles. The Bertz CT molecular complexity index is 1130. The summed E-state index contributed by atoms with van der Waals surface area (Å²) in [5.74, 6) is 2.14. The Balaban J connectivity index is 2.24. The third-order valence-corrected chi connectivity index (χ3v) is 15.0. The van der Waals surface area contributed by atoms with Crippen molar-refractivity contribution in [2.75, 3.05) is 0 Å². The van der Waals surface area contributed by atoms with Crippen molar-refractivity contribution in [1.29, 1.82) is 0 Å². The molecule has 0 spiro atoms. The second kappa shape index (κ2) is 11.2. The maximum Gasteiger partial charge on any atom is 0.186 e. The van der Waals surface area contributed by atoms with Gasteiger partial charge >= 0.3 is 0 Å². The Kier molecular flexibility index (Phi) is 9.95. The SMILES string of the molecule is Brc1ccccc1Oc1c(Br)c(Br)c(Br)c(Br)c1Oc1c(Br)c(Br)c(Br)c(Br)c1Br. The second-order valence-corrected chi connectivity index (χ2v) is 13.4. The minimum absolute atomic E-state index is 0.468. The lowest BCUT2D eigenvalue weighted by Crippen LogP contribution is -1.97. The van der Waals surface area contributed by atoms with E-state index in [0.717, 1.165) is 35.8 Å². The molecule has 3 aromatic rings. The van der Waals surface area contributed by atoms with Crippen LogP contribution in [-0.2, 0) is 0 Å². The molecule has 0 radical (unpaired) electrons. The molecule has 158 valence electrons. The van der Waals surface area contributed by atoms with Crippen molar-refractivity contribution >= 4 is 159 Å². The topological polar surface area (TPSA) is 18.5 Å². The molecule has 0 N–H and O–H groups in total. The van der Waals surface area contributed by atoms with Gasteiger partial charge in [-0.25, -0.2) is 0 Å². The fraction of sp³-hybridized carbons (Fsp3) is 0. The number of ether oxygens (including phenoxy) is 2. The molecule has 0 bridgehead atoms. The highest BCUT2D eigenvalue weighted by Crippen LogP contribution is 2.56. The monoisotopic (exact) mass is 1040 g/mol. The zero-order chi connectivity index (χ0) is 22.3. The van der Waals surface area contributed by atoms with E-state index < -0.39 is 0 Å². The van der Waals surface area contributed by atoms with Crippen LogP contribution >= 0.6 is 159 Å². The van der Waals surface area contributed by atoms with E-state index in [4.69, 9.17) is 9.47 Å². The highest BCUT2D eigenvalue weighted by Gasteiger charge is 2.27. The summed E-state index contributed by atoms with van der Waals surface area (Å²) in [5.41, 5.74) is 0. The first-order valence-corrected chi connectivity index (χ1v) is 15.5. The number of benzene rings is 3. The van der Waals surface area contributed by atoms with Crippen molar-refractivity contribution in [3.05, 3.63) is 69.0 Å². The van der Waals surface area contributed by atoms with Crippen LogP contribution in [0.25, 0.3) is 0 Å². The van der Waals surface area contributed by atoms with Crippen molar-refractivity contribution in [3.8, 4) is 23.0 Å². The van der Waals surface area contributed by atoms with Crippen LogP contribution in [0.3, 0.4) is 0 Å². The Morgan fingerprint density at radius 1 is 0.400 bits per heavy atom. The summed E-state index contributed by atoms with van der Waals surface area (Å²) in [6, 6.07) is 7.58. The van der Waals surface area contributed by atoms with E-state index in [1.807, 2.05) is 24.3 Å². The predicted octanol–water partition coefficient (Wildman–Crippen LogP) is 12.9. The largest absolute Gasteiger partial charge is 0.451 e. The fourth-order valence-electron chi connectivity index (χ4n) is 2.19. The lowest BCUT2D eigenvalue weighted by atomic mass is 10.3. The molecule has 3 rings (SSSR count). The van der Waals surface area contributed by atoms with E-state index in [-0.39, 0.29) is 0 Å². The Hall–Kier alpha value is 2.06. The molecule has 0 aliphatic heterocycles. The van der Waals surface area contributed by atoms with Crippen LogP contribution < -0.4 is 9.47 Å². The van der Waals surface area contributed by atoms with Crippen molar-refractivity contribution < 1.29 is 9.47 Å². The number of hydrogen-bond acceptors (Lipinski definition) is 2. The van der Waals surface area contributed by atoms with Crippen molar-refractivity contribution in [2.24, 2.45) is 0 Å². The molecule has 0 aliphatic rings. The van der Waals surface area contributed by atoms with Crippen molar-refractivity contribution in [1.82, 2.24) is 0 Å². The summed E-state index contributed by atoms with van der Waals surface area (Å²) in [7, 11) is 0. The van der Waals surface area contributed by atoms with Crippen LogP contribution in [0, 0.1) is 0 Å². The second-order valence-electron chi connectivity index (χ2n) is 5.45. The highest BCUT2D eigenvalue weighted by molar-refractivity contribution is 9.16. The lowest BCUT2D eigenvalue weighted by Gasteiger charge is -2.20. The van der Waals surface area contributed by atoms with Crippen LogP contribution in [0.15, 0.2) is 69.0 Å². The summed E-state index contributed by atoms with van der Waals surface area (Å²) in [5, 5.41) is 0. The normalized spacial score (nSPS) is 11.0. The zero-order valence-electron chi connectivity index (χ0n) is 13.9. The standard InChI is InChI=1S/C18H4Br10O2/c19-5-3-1-2-4-6(5)29-17-14(27)10(23)11(24)15(28)18(17)30-16-12(25)8(21)7(20)9(22)13(16)26/h1-4H. The van der Waals surface area contributed by atoms with Gasteiger partial charge < -0.3 is 9.47 Å². The molecule has 3 aromatic carbocycles. The van der Waals surface area contributed by atoms with Gasteiger partial charge in [0.15, 0.2) is 17.2 Å². The van der Waals surface area contributed by atoms with Gasteiger partial charge in [0.2, 0.25) is 0 Å².